The van der Waals surface area contributed by atoms with Gasteiger partial charge in [0.05, 0.1) is 19.1 Å². The third-order valence-corrected chi connectivity index (χ3v) is 7.79. The maximum absolute atomic E-state index is 13.7. The molecule has 250 valence electrons. The average molecular weight is 637 g/mol. The van der Waals surface area contributed by atoms with E-state index in [2.05, 4.69) is 31.5 Å². The third-order valence-electron chi connectivity index (χ3n) is 7.79. The van der Waals surface area contributed by atoms with E-state index in [0.717, 1.165) is 16.1 Å². The number of benzene rings is 2. The number of rotatable bonds is 9. The van der Waals surface area contributed by atoms with Crippen molar-refractivity contribution in [1.29, 1.82) is 0 Å². The molecular formula is C35H48N4O7. The van der Waals surface area contributed by atoms with Crippen molar-refractivity contribution >= 4 is 24.0 Å². The number of ether oxygens (including phenoxy) is 3. The van der Waals surface area contributed by atoms with Crippen LogP contribution in [0, 0.1) is 5.92 Å². The number of carbonyl (C=O) groups is 4. The quantitative estimate of drug-likeness (QED) is 0.286. The largest absolute Gasteiger partial charge is 0.445 e. The summed E-state index contributed by atoms with van der Waals surface area (Å²) in [6, 6.07) is 15.1. The first kappa shape index (κ1) is 34.7. The second-order valence-electron chi connectivity index (χ2n) is 14.4. The van der Waals surface area contributed by atoms with Crippen molar-refractivity contribution in [3.05, 3.63) is 71.3 Å². The predicted molar refractivity (Wildman–Crippen MR) is 173 cm³/mol. The minimum Gasteiger partial charge on any atom is -0.445 e. The molecule has 0 aromatic heterocycles. The van der Waals surface area contributed by atoms with Crippen LogP contribution in [0.15, 0.2) is 54.6 Å². The summed E-state index contributed by atoms with van der Waals surface area (Å²) in [5, 5.41) is 3.91. The molecule has 2 aliphatic rings. The highest BCUT2D eigenvalue weighted by Gasteiger charge is 2.57. The maximum Gasteiger partial charge on any atom is 0.429 e. The number of carbonyl (C=O) groups excluding carboxylic acids is 4. The lowest BCUT2D eigenvalue weighted by atomic mass is 9.86. The van der Waals surface area contributed by atoms with Gasteiger partial charge in [-0.2, -0.15) is 0 Å². The van der Waals surface area contributed by atoms with Gasteiger partial charge in [-0.25, -0.2) is 14.6 Å². The third kappa shape index (κ3) is 9.45. The molecule has 2 saturated heterocycles. The fourth-order valence-corrected chi connectivity index (χ4v) is 5.31. The number of hydrazine groups is 1. The Balaban J connectivity index is 1.49. The molecule has 2 fully saturated rings. The predicted octanol–water partition coefficient (Wildman–Crippen LogP) is 5.19. The second kappa shape index (κ2) is 14.1. The standard InChI is InChI=1S/C35H48N4O7/c1-22(2)18-26(36-30(40)24-14-16-25(17-15-24)34(3,4)5)31(41)37-39(33(43)46-35(6,7)8)19-27-29-28(45-29)20-38(27)32(42)44-21-23-12-10-9-11-13-23/h9-17,22,26-29H,18-21H2,1-8H3,(H,36,40)(H,37,41)/t26-,27?,28?,29?/m0/s1. The van der Waals surface area contributed by atoms with Gasteiger partial charge in [-0.3, -0.25) is 19.9 Å². The van der Waals surface area contributed by atoms with Gasteiger partial charge in [0.25, 0.3) is 11.8 Å². The van der Waals surface area contributed by atoms with Crippen LogP contribution >= 0.6 is 0 Å². The van der Waals surface area contributed by atoms with E-state index in [9.17, 15) is 19.2 Å². The summed E-state index contributed by atoms with van der Waals surface area (Å²) >= 11 is 0. The minimum absolute atomic E-state index is 0.0552. The van der Waals surface area contributed by atoms with Crippen molar-refractivity contribution in [2.75, 3.05) is 13.1 Å². The van der Waals surface area contributed by atoms with Crippen molar-refractivity contribution in [3.63, 3.8) is 0 Å². The molecule has 2 heterocycles. The number of hydrogen-bond donors (Lipinski definition) is 2. The summed E-state index contributed by atoms with van der Waals surface area (Å²) in [7, 11) is 0. The van der Waals surface area contributed by atoms with Gasteiger partial charge in [-0.05, 0) is 61.8 Å². The number of amides is 4. The summed E-state index contributed by atoms with van der Waals surface area (Å²) in [6.07, 6.45) is -1.50. The van der Waals surface area contributed by atoms with Gasteiger partial charge in [0.1, 0.15) is 30.5 Å². The molecule has 0 spiro atoms. The molecule has 11 nitrogen and oxygen atoms in total. The average Bonchev–Trinajstić information content (AvgIpc) is 3.66. The van der Waals surface area contributed by atoms with Crippen molar-refractivity contribution in [3.8, 4) is 0 Å². The van der Waals surface area contributed by atoms with E-state index in [-0.39, 0.29) is 36.7 Å². The summed E-state index contributed by atoms with van der Waals surface area (Å²) in [5.74, 6) is -0.925. The highest BCUT2D eigenvalue weighted by molar-refractivity contribution is 5.97. The fraction of sp³-hybridized carbons (Fsp3) is 0.543. The molecule has 0 bridgehead atoms. The number of fused-ring (bicyclic) bond motifs is 1. The summed E-state index contributed by atoms with van der Waals surface area (Å²) in [6.45, 7) is 15.6. The molecule has 2 aromatic carbocycles. The molecule has 3 unspecified atom stereocenters. The lowest BCUT2D eigenvalue weighted by Gasteiger charge is -2.33. The van der Waals surface area contributed by atoms with Crippen molar-refractivity contribution < 1.29 is 33.4 Å². The monoisotopic (exact) mass is 636 g/mol. The van der Waals surface area contributed by atoms with E-state index in [0.29, 0.717) is 18.5 Å². The first-order valence-corrected chi connectivity index (χ1v) is 15.9. The van der Waals surface area contributed by atoms with Crippen LogP contribution in [0.3, 0.4) is 0 Å². The van der Waals surface area contributed by atoms with Crippen molar-refractivity contribution in [2.45, 2.75) is 104 Å². The van der Waals surface area contributed by atoms with Gasteiger partial charge in [0.2, 0.25) is 0 Å². The van der Waals surface area contributed by atoms with E-state index in [1.54, 1.807) is 32.9 Å². The number of nitrogens with one attached hydrogen (secondary N) is 2. The lowest BCUT2D eigenvalue weighted by Crippen LogP contribution is -2.59. The van der Waals surface area contributed by atoms with E-state index < -0.39 is 41.7 Å². The smallest absolute Gasteiger partial charge is 0.429 e. The number of morpholine rings is 1. The van der Waals surface area contributed by atoms with Crippen LogP contribution < -0.4 is 10.7 Å². The Kier molecular flexibility index (Phi) is 10.7. The Bertz CT molecular complexity index is 1380. The molecule has 2 aromatic rings. The summed E-state index contributed by atoms with van der Waals surface area (Å²) < 4.78 is 16.9. The van der Waals surface area contributed by atoms with Crippen LogP contribution in [0.4, 0.5) is 9.59 Å². The summed E-state index contributed by atoms with van der Waals surface area (Å²) in [5.41, 5.74) is 4.11. The molecular weight excluding hydrogens is 588 g/mol. The van der Waals surface area contributed by atoms with Gasteiger partial charge >= 0.3 is 12.2 Å². The Hall–Kier alpha value is -4.12. The fourth-order valence-electron chi connectivity index (χ4n) is 5.31. The minimum atomic E-state index is -0.944. The SMILES string of the molecule is CC(C)C[C@H](NC(=O)c1ccc(C(C)(C)C)cc1)C(=O)NN(CC1C2OC2CN1C(=O)OCc1ccccc1)C(=O)OC(C)(C)C. The Morgan fingerprint density at radius 1 is 0.978 bits per heavy atom. The highest BCUT2D eigenvalue weighted by Crippen LogP contribution is 2.37. The van der Waals surface area contributed by atoms with Crippen LogP contribution in [0.1, 0.15) is 83.3 Å². The lowest BCUT2D eigenvalue weighted by molar-refractivity contribution is -0.128. The van der Waals surface area contributed by atoms with Crippen LogP contribution in [0.2, 0.25) is 0 Å². The number of nitrogens with zero attached hydrogens (tertiary/aromatic N) is 2. The van der Waals surface area contributed by atoms with Gasteiger partial charge in [-0.15, -0.1) is 0 Å². The molecule has 0 aliphatic carbocycles. The second-order valence-corrected chi connectivity index (χ2v) is 14.4. The molecule has 2 aliphatic heterocycles. The number of epoxide rings is 1. The zero-order valence-corrected chi connectivity index (χ0v) is 28.2. The van der Waals surface area contributed by atoms with Crippen LogP contribution in [-0.4, -0.2) is 76.9 Å². The van der Waals surface area contributed by atoms with Crippen LogP contribution in [0.25, 0.3) is 0 Å². The zero-order valence-electron chi connectivity index (χ0n) is 28.2. The topological polar surface area (TPSA) is 130 Å². The molecule has 4 rings (SSSR count). The molecule has 4 atom stereocenters. The molecule has 0 saturated carbocycles. The van der Waals surface area contributed by atoms with E-state index >= 15 is 0 Å². The normalized spacial score (nSPS) is 19.6. The Labute approximate surface area is 271 Å². The summed E-state index contributed by atoms with van der Waals surface area (Å²) in [4.78, 5) is 55.1. The molecule has 11 heteroatoms. The van der Waals surface area contributed by atoms with Gasteiger partial charge in [0, 0.05) is 5.56 Å². The Morgan fingerprint density at radius 2 is 1.63 bits per heavy atom. The van der Waals surface area contributed by atoms with E-state index in [1.165, 1.54) is 4.90 Å². The van der Waals surface area contributed by atoms with Crippen molar-refractivity contribution in [1.82, 2.24) is 20.7 Å². The van der Waals surface area contributed by atoms with Crippen molar-refractivity contribution in [2.24, 2.45) is 5.92 Å². The zero-order chi connectivity index (χ0) is 33.8. The maximum atomic E-state index is 13.7. The first-order valence-electron chi connectivity index (χ1n) is 15.9. The van der Waals surface area contributed by atoms with Gasteiger partial charge in [0.15, 0.2) is 0 Å². The first-order chi connectivity index (χ1) is 21.5. The molecule has 2 N–H and O–H groups in total. The van der Waals surface area contributed by atoms with E-state index in [1.807, 2.05) is 56.3 Å². The highest BCUT2D eigenvalue weighted by atomic mass is 16.6. The van der Waals surface area contributed by atoms with E-state index in [4.69, 9.17) is 14.2 Å². The molecule has 46 heavy (non-hydrogen) atoms. The van der Waals surface area contributed by atoms with Crippen LogP contribution in [0.5, 0.6) is 0 Å². The van der Waals surface area contributed by atoms with Crippen LogP contribution in [-0.2, 0) is 31.0 Å². The van der Waals surface area contributed by atoms with Gasteiger partial charge in [-0.1, -0.05) is 77.1 Å². The molecule has 0 radical (unpaired) electrons. The number of likely N-dealkylation sites (tertiary alicyclic amines) is 1. The van der Waals surface area contributed by atoms with Gasteiger partial charge < -0.3 is 19.5 Å². The molecule has 4 amide bonds. The number of hydrogen-bond acceptors (Lipinski definition) is 7. The Morgan fingerprint density at radius 3 is 2.22 bits per heavy atom.